The van der Waals surface area contributed by atoms with E-state index in [2.05, 4.69) is 5.32 Å². The molecule has 1 fully saturated rings. The number of benzene rings is 1. The van der Waals surface area contributed by atoms with Crippen molar-refractivity contribution in [1.82, 2.24) is 5.32 Å². The quantitative estimate of drug-likeness (QED) is 0.811. The zero-order valence-corrected chi connectivity index (χ0v) is 9.67. The van der Waals surface area contributed by atoms with E-state index in [-0.39, 0.29) is 11.7 Å². The normalized spacial score (nSPS) is 20.3. The van der Waals surface area contributed by atoms with E-state index < -0.39 is 0 Å². The fraction of sp³-hybridized carbons (Fsp3) is 0.538. The number of rotatable bonds is 1. The standard InChI is InChI=1S/C13H16FNO2/c14-10-1-2-11-13(17-8-7-16-11)12(10)9-3-5-15-6-4-9/h1-2,9,15H,3-8H2. The van der Waals surface area contributed by atoms with Gasteiger partial charge in [0.05, 0.1) is 0 Å². The van der Waals surface area contributed by atoms with E-state index in [4.69, 9.17) is 9.47 Å². The van der Waals surface area contributed by atoms with Gasteiger partial charge in [-0.05, 0) is 44.0 Å². The van der Waals surface area contributed by atoms with E-state index in [0.29, 0.717) is 30.3 Å². The number of hydrogen-bond donors (Lipinski definition) is 1. The number of nitrogens with one attached hydrogen (secondary N) is 1. The zero-order valence-electron chi connectivity index (χ0n) is 9.67. The average Bonchev–Trinajstić information content (AvgIpc) is 2.39. The molecule has 0 unspecified atom stereocenters. The molecule has 2 aliphatic rings. The van der Waals surface area contributed by atoms with Crippen LogP contribution in [0.25, 0.3) is 0 Å². The minimum Gasteiger partial charge on any atom is -0.486 e. The molecule has 0 saturated carbocycles. The van der Waals surface area contributed by atoms with Crippen molar-refractivity contribution in [2.45, 2.75) is 18.8 Å². The second kappa shape index (κ2) is 4.53. The summed E-state index contributed by atoms with van der Waals surface area (Å²) in [5.74, 6) is 1.39. The maximum absolute atomic E-state index is 14.0. The first-order valence-corrected chi connectivity index (χ1v) is 6.15. The van der Waals surface area contributed by atoms with Crippen molar-refractivity contribution in [2.24, 2.45) is 0 Å². The molecule has 0 aromatic heterocycles. The summed E-state index contributed by atoms with van der Waals surface area (Å²) in [6.07, 6.45) is 1.91. The third-order valence-electron chi connectivity index (χ3n) is 3.44. The first-order valence-electron chi connectivity index (χ1n) is 6.15. The lowest BCUT2D eigenvalue weighted by Gasteiger charge is -2.28. The van der Waals surface area contributed by atoms with Gasteiger partial charge >= 0.3 is 0 Å². The van der Waals surface area contributed by atoms with Gasteiger partial charge in [0.25, 0.3) is 0 Å². The summed E-state index contributed by atoms with van der Waals surface area (Å²) in [6.45, 7) is 2.93. The maximum Gasteiger partial charge on any atom is 0.167 e. The van der Waals surface area contributed by atoms with Crippen LogP contribution in [0, 0.1) is 5.82 Å². The Bertz CT molecular complexity index is 416. The highest BCUT2D eigenvalue weighted by atomic mass is 19.1. The van der Waals surface area contributed by atoms with E-state index in [1.54, 1.807) is 6.07 Å². The van der Waals surface area contributed by atoms with E-state index in [1.165, 1.54) is 6.07 Å². The molecule has 1 N–H and O–H groups in total. The molecule has 0 amide bonds. The molecule has 0 spiro atoms. The van der Waals surface area contributed by atoms with Crippen LogP contribution >= 0.6 is 0 Å². The third kappa shape index (κ3) is 1.97. The molecule has 1 aromatic carbocycles. The van der Waals surface area contributed by atoms with E-state index in [9.17, 15) is 4.39 Å². The second-order valence-corrected chi connectivity index (χ2v) is 4.51. The molecule has 1 saturated heterocycles. The lowest BCUT2D eigenvalue weighted by Crippen LogP contribution is -2.28. The molecule has 0 atom stereocenters. The smallest absolute Gasteiger partial charge is 0.167 e. The number of piperidine rings is 1. The lowest BCUT2D eigenvalue weighted by atomic mass is 9.89. The fourth-order valence-electron chi connectivity index (χ4n) is 2.60. The highest BCUT2D eigenvalue weighted by Gasteiger charge is 2.26. The zero-order chi connectivity index (χ0) is 11.7. The van der Waals surface area contributed by atoms with Crippen LogP contribution in [0.15, 0.2) is 12.1 Å². The van der Waals surface area contributed by atoms with E-state index in [0.717, 1.165) is 25.9 Å². The Morgan fingerprint density at radius 3 is 2.71 bits per heavy atom. The summed E-state index contributed by atoms with van der Waals surface area (Å²) in [4.78, 5) is 0. The Labute approximate surface area is 99.9 Å². The van der Waals surface area contributed by atoms with Crippen LogP contribution < -0.4 is 14.8 Å². The lowest BCUT2D eigenvalue weighted by molar-refractivity contribution is 0.167. The van der Waals surface area contributed by atoms with Crippen molar-refractivity contribution >= 4 is 0 Å². The Balaban J connectivity index is 2.01. The first-order chi connectivity index (χ1) is 8.36. The van der Waals surface area contributed by atoms with Gasteiger partial charge < -0.3 is 14.8 Å². The molecule has 2 heterocycles. The molecule has 0 bridgehead atoms. The highest BCUT2D eigenvalue weighted by Crippen LogP contribution is 2.42. The third-order valence-corrected chi connectivity index (χ3v) is 3.44. The molecule has 92 valence electrons. The molecule has 2 aliphatic heterocycles. The van der Waals surface area contributed by atoms with Gasteiger partial charge in [0.2, 0.25) is 0 Å². The van der Waals surface area contributed by atoms with Crippen LogP contribution in [0.4, 0.5) is 4.39 Å². The van der Waals surface area contributed by atoms with Crippen LogP contribution in [-0.2, 0) is 0 Å². The minimum atomic E-state index is -0.166. The largest absolute Gasteiger partial charge is 0.486 e. The van der Waals surface area contributed by atoms with Crippen LogP contribution in [-0.4, -0.2) is 26.3 Å². The van der Waals surface area contributed by atoms with Gasteiger partial charge in [-0.1, -0.05) is 0 Å². The minimum absolute atomic E-state index is 0.166. The number of ether oxygens (including phenoxy) is 2. The summed E-state index contributed by atoms with van der Waals surface area (Å²) in [5, 5.41) is 3.29. The van der Waals surface area contributed by atoms with Gasteiger partial charge in [0.15, 0.2) is 11.5 Å². The summed E-state index contributed by atoms with van der Waals surface area (Å²) in [5.41, 5.74) is 0.712. The molecule has 0 radical (unpaired) electrons. The number of fused-ring (bicyclic) bond motifs is 1. The van der Waals surface area contributed by atoms with Crippen molar-refractivity contribution in [3.05, 3.63) is 23.5 Å². The van der Waals surface area contributed by atoms with Crippen molar-refractivity contribution in [3.8, 4) is 11.5 Å². The topological polar surface area (TPSA) is 30.5 Å². The molecular formula is C13H16FNO2. The number of hydrogen-bond acceptors (Lipinski definition) is 3. The van der Waals surface area contributed by atoms with Gasteiger partial charge in [-0.25, -0.2) is 4.39 Å². The van der Waals surface area contributed by atoms with Gasteiger partial charge in [0, 0.05) is 5.56 Å². The molecule has 3 rings (SSSR count). The van der Waals surface area contributed by atoms with Gasteiger partial charge in [-0.15, -0.1) is 0 Å². The Kier molecular flexibility index (Phi) is 2.89. The first kappa shape index (κ1) is 10.8. The Morgan fingerprint density at radius 2 is 1.88 bits per heavy atom. The van der Waals surface area contributed by atoms with Crippen LogP contribution in [0.1, 0.15) is 24.3 Å². The van der Waals surface area contributed by atoms with Gasteiger partial charge in [-0.3, -0.25) is 0 Å². The van der Waals surface area contributed by atoms with Crippen molar-refractivity contribution in [3.63, 3.8) is 0 Å². The van der Waals surface area contributed by atoms with Crippen LogP contribution in [0.5, 0.6) is 11.5 Å². The number of halogens is 1. The van der Waals surface area contributed by atoms with Crippen molar-refractivity contribution < 1.29 is 13.9 Å². The summed E-state index contributed by atoms with van der Waals surface area (Å²) < 4.78 is 25.1. The average molecular weight is 237 g/mol. The SMILES string of the molecule is Fc1ccc2c(c1C1CCNCC1)OCCO2. The van der Waals surface area contributed by atoms with Crippen molar-refractivity contribution in [1.29, 1.82) is 0 Å². The second-order valence-electron chi connectivity index (χ2n) is 4.51. The van der Waals surface area contributed by atoms with Crippen LogP contribution in [0.2, 0.25) is 0 Å². The van der Waals surface area contributed by atoms with Crippen molar-refractivity contribution in [2.75, 3.05) is 26.3 Å². The summed E-state index contributed by atoms with van der Waals surface area (Å²) >= 11 is 0. The molecule has 17 heavy (non-hydrogen) atoms. The summed E-state index contributed by atoms with van der Waals surface area (Å²) in [6, 6.07) is 3.15. The molecule has 4 heteroatoms. The van der Waals surface area contributed by atoms with Crippen LogP contribution in [0.3, 0.4) is 0 Å². The monoisotopic (exact) mass is 237 g/mol. The molecular weight excluding hydrogens is 221 g/mol. The fourth-order valence-corrected chi connectivity index (χ4v) is 2.60. The Hall–Kier alpha value is -1.29. The predicted octanol–water partition coefficient (Wildman–Crippen LogP) is 2.06. The highest BCUT2D eigenvalue weighted by molar-refractivity contribution is 5.50. The Morgan fingerprint density at radius 1 is 1.12 bits per heavy atom. The maximum atomic E-state index is 14.0. The van der Waals surface area contributed by atoms with E-state index >= 15 is 0 Å². The molecule has 0 aliphatic carbocycles. The summed E-state index contributed by atoms with van der Waals surface area (Å²) in [7, 11) is 0. The van der Waals surface area contributed by atoms with E-state index in [1.807, 2.05) is 0 Å². The van der Waals surface area contributed by atoms with Gasteiger partial charge in [0.1, 0.15) is 19.0 Å². The predicted molar refractivity (Wildman–Crippen MR) is 62.2 cm³/mol. The molecule has 3 nitrogen and oxygen atoms in total. The molecule has 1 aromatic rings. The van der Waals surface area contributed by atoms with Gasteiger partial charge in [-0.2, -0.15) is 0 Å².